The van der Waals surface area contributed by atoms with Crippen molar-refractivity contribution in [2.45, 2.75) is 25.5 Å². The van der Waals surface area contributed by atoms with Crippen LogP contribution in [0.25, 0.3) is 0 Å². The molecule has 3 rings (SSSR count). The molecule has 0 spiro atoms. The van der Waals surface area contributed by atoms with E-state index in [2.05, 4.69) is 20.8 Å². The molecule has 0 aliphatic carbocycles. The summed E-state index contributed by atoms with van der Waals surface area (Å²) in [6.07, 6.45) is 0. The number of carbonyl (C=O) groups excluding carboxylic acids is 2. The van der Waals surface area contributed by atoms with Gasteiger partial charge in [0.25, 0.3) is 11.6 Å². The van der Waals surface area contributed by atoms with Crippen molar-refractivity contribution in [3.63, 3.8) is 0 Å². The Morgan fingerprint density at radius 3 is 2.53 bits per heavy atom. The molecule has 0 aliphatic heterocycles. The molecule has 11 heteroatoms. The lowest BCUT2D eigenvalue weighted by atomic mass is 10.1. The summed E-state index contributed by atoms with van der Waals surface area (Å²) in [6, 6.07) is 11.8. The number of nitrogens with zero attached hydrogens (tertiary/aromatic N) is 4. The molecule has 166 valence electrons. The maximum atomic E-state index is 12.3. The zero-order chi connectivity index (χ0) is 23.3. The molecular formula is C21H22N6O4S. The lowest BCUT2D eigenvalue weighted by molar-refractivity contribution is -0.385. The fourth-order valence-corrected chi connectivity index (χ4v) is 3.53. The van der Waals surface area contributed by atoms with Gasteiger partial charge < -0.3 is 15.2 Å². The summed E-state index contributed by atoms with van der Waals surface area (Å²) in [7, 11) is 1.75. The number of aryl methyl sites for hydroxylation is 2. The fourth-order valence-electron chi connectivity index (χ4n) is 2.80. The molecule has 0 radical (unpaired) electrons. The molecule has 3 aromatic rings. The van der Waals surface area contributed by atoms with Crippen LogP contribution >= 0.6 is 11.8 Å². The summed E-state index contributed by atoms with van der Waals surface area (Å²) in [5, 5.41) is 25.1. The molecule has 0 fully saturated rings. The van der Waals surface area contributed by atoms with E-state index >= 15 is 0 Å². The van der Waals surface area contributed by atoms with Crippen molar-refractivity contribution in [1.29, 1.82) is 0 Å². The Balaban J connectivity index is 1.53. The maximum absolute atomic E-state index is 12.3. The molecule has 32 heavy (non-hydrogen) atoms. The van der Waals surface area contributed by atoms with E-state index in [4.69, 9.17) is 0 Å². The molecule has 0 saturated carbocycles. The van der Waals surface area contributed by atoms with Crippen molar-refractivity contribution in [3.05, 3.63) is 75.1 Å². The molecule has 0 unspecified atom stereocenters. The second kappa shape index (κ2) is 10.1. The van der Waals surface area contributed by atoms with Gasteiger partial charge >= 0.3 is 0 Å². The van der Waals surface area contributed by atoms with E-state index in [0.717, 1.165) is 5.56 Å². The standard InChI is InChI=1S/C21H22N6O4S/c1-13-4-7-15(8-5-13)20(29)22-11-18-24-25-21(26(18)3)32-12-19(28)23-16-9-6-14(2)17(10-16)27(30)31/h4-10H,11-12H2,1-3H3,(H,22,29)(H,23,28). The topological polar surface area (TPSA) is 132 Å². The van der Waals surface area contributed by atoms with Gasteiger partial charge in [-0.15, -0.1) is 10.2 Å². The Morgan fingerprint density at radius 2 is 1.84 bits per heavy atom. The van der Waals surface area contributed by atoms with Crippen LogP contribution in [0.5, 0.6) is 0 Å². The number of benzene rings is 2. The fraction of sp³-hybridized carbons (Fsp3) is 0.238. The first-order valence-corrected chi connectivity index (χ1v) is 10.6. The highest BCUT2D eigenvalue weighted by Crippen LogP contribution is 2.23. The van der Waals surface area contributed by atoms with Crippen molar-refractivity contribution in [2.24, 2.45) is 7.05 Å². The SMILES string of the molecule is Cc1ccc(C(=O)NCc2nnc(SCC(=O)Nc3ccc(C)c([N+](=O)[O-])c3)n2C)cc1. The largest absolute Gasteiger partial charge is 0.345 e. The van der Waals surface area contributed by atoms with Crippen LogP contribution in [-0.4, -0.2) is 37.3 Å². The molecule has 0 aliphatic rings. The van der Waals surface area contributed by atoms with E-state index in [1.807, 2.05) is 19.1 Å². The quantitative estimate of drug-likeness (QED) is 0.304. The first-order valence-electron chi connectivity index (χ1n) is 9.65. The monoisotopic (exact) mass is 454 g/mol. The van der Waals surface area contributed by atoms with Gasteiger partial charge in [-0.3, -0.25) is 19.7 Å². The predicted octanol–water partition coefficient (Wildman–Crippen LogP) is 3.00. The average Bonchev–Trinajstić information content (AvgIpc) is 3.11. The zero-order valence-corrected chi connectivity index (χ0v) is 18.6. The normalized spacial score (nSPS) is 10.6. The first kappa shape index (κ1) is 22.9. The van der Waals surface area contributed by atoms with Gasteiger partial charge in [0.05, 0.1) is 17.2 Å². The molecule has 1 aromatic heterocycles. The van der Waals surface area contributed by atoms with Gasteiger partial charge in [0.2, 0.25) is 5.91 Å². The first-order chi connectivity index (χ1) is 15.2. The molecule has 0 atom stereocenters. The van der Waals surface area contributed by atoms with E-state index < -0.39 is 4.92 Å². The highest BCUT2D eigenvalue weighted by molar-refractivity contribution is 7.99. The Morgan fingerprint density at radius 1 is 1.12 bits per heavy atom. The second-order valence-electron chi connectivity index (χ2n) is 7.10. The summed E-state index contributed by atoms with van der Waals surface area (Å²) in [5.74, 6) is 0.0466. The number of nitrogens with one attached hydrogen (secondary N) is 2. The third-order valence-electron chi connectivity index (χ3n) is 4.67. The summed E-state index contributed by atoms with van der Waals surface area (Å²) in [4.78, 5) is 35.1. The highest BCUT2D eigenvalue weighted by Gasteiger charge is 2.15. The summed E-state index contributed by atoms with van der Waals surface area (Å²) < 4.78 is 1.70. The number of hydrogen-bond donors (Lipinski definition) is 2. The van der Waals surface area contributed by atoms with Gasteiger partial charge in [0.15, 0.2) is 11.0 Å². The van der Waals surface area contributed by atoms with Crippen molar-refractivity contribution in [3.8, 4) is 0 Å². The minimum absolute atomic E-state index is 0.0450. The van der Waals surface area contributed by atoms with E-state index in [-0.39, 0.29) is 29.8 Å². The lowest BCUT2D eigenvalue weighted by Crippen LogP contribution is -2.24. The molecular weight excluding hydrogens is 432 g/mol. The molecule has 2 N–H and O–H groups in total. The maximum Gasteiger partial charge on any atom is 0.274 e. The van der Waals surface area contributed by atoms with Crippen LogP contribution < -0.4 is 10.6 Å². The van der Waals surface area contributed by atoms with Crippen LogP contribution in [0.1, 0.15) is 27.3 Å². The second-order valence-corrected chi connectivity index (χ2v) is 8.04. The highest BCUT2D eigenvalue weighted by atomic mass is 32.2. The number of anilines is 1. The van der Waals surface area contributed by atoms with E-state index in [1.165, 1.54) is 17.8 Å². The molecule has 2 amide bonds. The van der Waals surface area contributed by atoms with Crippen molar-refractivity contribution < 1.29 is 14.5 Å². The van der Waals surface area contributed by atoms with Gasteiger partial charge in [0.1, 0.15) is 0 Å². The van der Waals surface area contributed by atoms with Crippen LogP contribution in [0.2, 0.25) is 0 Å². The molecule has 0 bridgehead atoms. The minimum Gasteiger partial charge on any atom is -0.345 e. The third kappa shape index (κ3) is 5.70. The van der Waals surface area contributed by atoms with Gasteiger partial charge in [-0.1, -0.05) is 35.5 Å². The van der Waals surface area contributed by atoms with Crippen LogP contribution in [0.3, 0.4) is 0 Å². The van der Waals surface area contributed by atoms with Gasteiger partial charge in [-0.05, 0) is 32.0 Å². The number of nitro benzene ring substituents is 1. The van der Waals surface area contributed by atoms with E-state index in [0.29, 0.717) is 27.8 Å². The Bertz CT molecular complexity index is 1160. The summed E-state index contributed by atoms with van der Waals surface area (Å²) in [5.41, 5.74) is 2.44. The third-order valence-corrected chi connectivity index (χ3v) is 5.69. The average molecular weight is 455 g/mol. The Hall–Kier alpha value is -3.73. The van der Waals surface area contributed by atoms with Crippen LogP contribution in [-0.2, 0) is 18.4 Å². The van der Waals surface area contributed by atoms with Crippen molar-refractivity contribution in [2.75, 3.05) is 11.1 Å². The summed E-state index contributed by atoms with van der Waals surface area (Å²) in [6.45, 7) is 3.77. The number of aromatic nitrogens is 3. The van der Waals surface area contributed by atoms with Crippen molar-refractivity contribution in [1.82, 2.24) is 20.1 Å². The van der Waals surface area contributed by atoms with E-state index in [1.54, 1.807) is 42.8 Å². The minimum atomic E-state index is -0.488. The molecule has 1 heterocycles. The van der Waals surface area contributed by atoms with E-state index in [9.17, 15) is 19.7 Å². The summed E-state index contributed by atoms with van der Waals surface area (Å²) >= 11 is 1.17. The molecule has 2 aromatic carbocycles. The molecule has 10 nitrogen and oxygen atoms in total. The predicted molar refractivity (Wildman–Crippen MR) is 121 cm³/mol. The van der Waals surface area contributed by atoms with Crippen molar-refractivity contribution >= 4 is 35.0 Å². The number of hydrogen-bond acceptors (Lipinski definition) is 7. The smallest absolute Gasteiger partial charge is 0.274 e. The number of carbonyl (C=O) groups is 2. The number of rotatable bonds is 8. The lowest BCUT2D eigenvalue weighted by Gasteiger charge is -2.07. The van der Waals surface area contributed by atoms with Gasteiger partial charge in [-0.2, -0.15) is 0 Å². The zero-order valence-electron chi connectivity index (χ0n) is 17.8. The number of nitro groups is 1. The van der Waals surface area contributed by atoms with Gasteiger partial charge in [0, 0.05) is 29.9 Å². The number of amides is 2. The molecule has 0 saturated heterocycles. The Labute approximate surface area is 188 Å². The van der Waals surface area contributed by atoms with Gasteiger partial charge in [-0.25, -0.2) is 0 Å². The number of thioether (sulfide) groups is 1. The van der Waals surface area contributed by atoms with Crippen LogP contribution in [0.15, 0.2) is 47.6 Å². The van der Waals surface area contributed by atoms with Crippen LogP contribution in [0, 0.1) is 24.0 Å². The van der Waals surface area contributed by atoms with Crippen LogP contribution in [0.4, 0.5) is 11.4 Å². The Kier molecular flexibility index (Phi) is 7.21.